The smallest absolute Gasteiger partial charge is 0.255 e. The zero-order valence-electron chi connectivity index (χ0n) is 13.7. The predicted molar refractivity (Wildman–Crippen MR) is 94.6 cm³/mol. The van der Waals surface area contributed by atoms with Gasteiger partial charge in [-0.15, -0.1) is 0 Å². The van der Waals surface area contributed by atoms with Gasteiger partial charge in [0.15, 0.2) is 5.65 Å². The SMILES string of the molecule is CC(C)n1ncc2cc(NC(=O)c3ccc([S@@](C)=O)cc3)cnc21. The van der Waals surface area contributed by atoms with Crippen LogP contribution in [0.3, 0.4) is 0 Å². The van der Waals surface area contributed by atoms with Crippen molar-refractivity contribution in [2.75, 3.05) is 11.6 Å². The molecule has 0 saturated carbocycles. The highest BCUT2D eigenvalue weighted by molar-refractivity contribution is 7.84. The Morgan fingerprint density at radius 1 is 1.21 bits per heavy atom. The lowest BCUT2D eigenvalue weighted by Gasteiger charge is -2.08. The number of carbonyl (C=O) groups excluding carboxylic acids is 1. The zero-order chi connectivity index (χ0) is 17.3. The number of rotatable bonds is 4. The van der Waals surface area contributed by atoms with Gasteiger partial charge < -0.3 is 5.32 Å². The Kier molecular flexibility index (Phi) is 4.44. The molecule has 1 aromatic carbocycles. The summed E-state index contributed by atoms with van der Waals surface area (Å²) in [7, 11) is -1.06. The standard InChI is InChI=1S/C17H18N4O2S/c1-11(2)21-16-13(9-19-21)8-14(10-18-16)20-17(22)12-4-6-15(7-5-12)24(3)23/h4-11H,1-3H3,(H,20,22)/t24-/m1/s1. The van der Waals surface area contributed by atoms with Gasteiger partial charge >= 0.3 is 0 Å². The summed E-state index contributed by atoms with van der Waals surface area (Å²) in [5, 5.41) is 8.01. The molecule has 0 aliphatic carbocycles. The highest BCUT2D eigenvalue weighted by Gasteiger charge is 2.11. The third-order valence-corrected chi connectivity index (χ3v) is 4.56. The topological polar surface area (TPSA) is 76.9 Å². The average molecular weight is 342 g/mol. The van der Waals surface area contributed by atoms with E-state index in [0.717, 1.165) is 11.0 Å². The lowest BCUT2D eigenvalue weighted by molar-refractivity contribution is 0.102. The summed E-state index contributed by atoms with van der Waals surface area (Å²) in [6.07, 6.45) is 4.97. The summed E-state index contributed by atoms with van der Waals surface area (Å²) in [5.74, 6) is -0.235. The molecule has 3 aromatic rings. The van der Waals surface area contributed by atoms with Gasteiger partial charge in [0, 0.05) is 38.9 Å². The molecule has 0 spiro atoms. The van der Waals surface area contributed by atoms with Crippen molar-refractivity contribution in [3.05, 3.63) is 48.3 Å². The van der Waals surface area contributed by atoms with Crippen molar-refractivity contribution in [1.29, 1.82) is 0 Å². The first kappa shape index (κ1) is 16.3. The van der Waals surface area contributed by atoms with Crippen molar-refractivity contribution in [1.82, 2.24) is 14.8 Å². The molecule has 0 aliphatic rings. The Bertz CT molecular complexity index is 916. The van der Waals surface area contributed by atoms with Crippen LogP contribution in [0.15, 0.2) is 47.6 Å². The van der Waals surface area contributed by atoms with Crippen LogP contribution in [-0.4, -0.2) is 31.1 Å². The number of hydrogen-bond donors (Lipinski definition) is 1. The van der Waals surface area contributed by atoms with E-state index in [2.05, 4.69) is 15.4 Å². The number of anilines is 1. The Labute approximate surface area is 142 Å². The second-order valence-electron chi connectivity index (χ2n) is 5.75. The molecular weight excluding hydrogens is 324 g/mol. The number of amides is 1. The number of carbonyl (C=O) groups is 1. The van der Waals surface area contributed by atoms with Crippen molar-refractivity contribution in [3.8, 4) is 0 Å². The quantitative estimate of drug-likeness (QED) is 0.791. The Morgan fingerprint density at radius 2 is 1.92 bits per heavy atom. The van der Waals surface area contributed by atoms with Crippen molar-refractivity contribution in [2.24, 2.45) is 0 Å². The largest absolute Gasteiger partial charge is 0.321 e. The molecule has 1 N–H and O–H groups in total. The summed E-state index contributed by atoms with van der Waals surface area (Å²) in [4.78, 5) is 17.4. The first-order valence-electron chi connectivity index (χ1n) is 7.54. The van der Waals surface area contributed by atoms with Crippen LogP contribution in [0.4, 0.5) is 5.69 Å². The molecule has 6 nitrogen and oxygen atoms in total. The molecule has 1 amide bonds. The highest BCUT2D eigenvalue weighted by atomic mass is 32.2. The van der Waals surface area contributed by atoms with E-state index in [4.69, 9.17) is 0 Å². The number of benzene rings is 1. The third-order valence-electron chi connectivity index (χ3n) is 3.63. The molecule has 0 aliphatic heterocycles. The van der Waals surface area contributed by atoms with Crippen LogP contribution in [0.1, 0.15) is 30.2 Å². The molecule has 2 heterocycles. The van der Waals surface area contributed by atoms with Gasteiger partial charge in [0.05, 0.1) is 18.1 Å². The number of pyridine rings is 1. The van der Waals surface area contributed by atoms with E-state index in [0.29, 0.717) is 16.1 Å². The molecule has 0 saturated heterocycles. The highest BCUT2D eigenvalue weighted by Crippen LogP contribution is 2.19. The fourth-order valence-electron chi connectivity index (χ4n) is 2.39. The second kappa shape index (κ2) is 6.52. The molecule has 24 heavy (non-hydrogen) atoms. The van der Waals surface area contributed by atoms with Gasteiger partial charge in [-0.25, -0.2) is 9.67 Å². The second-order valence-corrected chi connectivity index (χ2v) is 7.13. The van der Waals surface area contributed by atoms with Gasteiger partial charge in [-0.05, 0) is 44.2 Å². The minimum Gasteiger partial charge on any atom is -0.321 e. The van der Waals surface area contributed by atoms with Crippen LogP contribution in [0, 0.1) is 0 Å². The minimum absolute atomic E-state index is 0.220. The normalized spacial score (nSPS) is 12.5. The van der Waals surface area contributed by atoms with Gasteiger partial charge in [0.25, 0.3) is 5.91 Å². The molecule has 0 fully saturated rings. The van der Waals surface area contributed by atoms with Gasteiger partial charge in [-0.3, -0.25) is 9.00 Å². The van der Waals surface area contributed by atoms with E-state index in [1.165, 1.54) is 0 Å². The molecule has 7 heteroatoms. The van der Waals surface area contributed by atoms with Crippen molar-refractivity contribution < 1.29 is 9.00 Å². The molecule has 1 atom stereocenters. The molecule has 3 rings (SSSR count). The molecule has 0 radical (unpaired) electrons. The average Bonchev–Trinajstić information content (AvgIpc) is 2.98. The maximum Gasteiger partial charge on any atom is 0.255 e. The van der Waals surface area contributed by atoms with E-state index < -0.39 is 10.8 Å². The first-order valence-corrected chi connectivity index (χ1v) is 9.09. The van der Waals surface area contributed by atoms with E-state index in [9.17, 15) is 9.00 Å². The number of aromatic nitrogens is 3. The van der Waals surface area contributed by atoms with Crippen LogP contribution in [0.5, 0.6) is 0 Å². The van der Waals surface area contributed by atoms with Crippen LogP contribution >= 0.6 is 0 Å². The van der Waals surface area contributed by atoms with Gasteiger partial charge in [0.1, 0.15) is 0 Å². The molecule has 0 bridgehead atoms. The fourth-order valence-corrected chi connectivity index (χ4v) is 2.91. The minimum atomic E-state index is -1.06. The van der Waals surface area contributed by atoms with E-state index in [-0.39, 0.29) is 11.9 Å². The van der Waals surface area contributed by atoms with E-state index in [1.807, 2.05) is 24.6 Å². The first-order chi connectivity index (χ1) is 11.5. The maximum atomic E-state index is 12.3. The summed E-state index contributed by atoms with van der Waals surface area (Å²) in [6, 6.07) is 8.78. The third kappa shape index (κ3) is 3.21. The number of nitrogens with zero attached hydrogens (tertiary/aromatic N) is 3. The monoisotopic (exact) mass is 342 g/mol. The summed E-state index contributed by atoms with van der Waals surface area (Å²) >= 11 is 0. The molecule has 124 valence electrons. The Morgan fingerprint density at radius 3 is 2.54 bits per heavy atom. The molecule has 0 unspecified atom stereocenters. The zero-order valence-corrected chi connectivity index (χ0v) is 14.5. The van der Waals surface area contributed by atoms with Crippen LogP contribution < -0.4 is 5.32 Å². The summed E-state index contributed by atoms with van der Waals surface area (Å²) in [6.45, 7) is 4.08. The van der Waals surface area contributed by atoms with Crippen LogP contribution in [-0.2, 0) is 10.8 Å². The van der Waals surface area contributed by atoms with Crippen molar-refractivity contribution in [2.45, 2.75) is 24.8 Å². The Hall–Kier alpha value is -2.54. The van der Waals surface area contributed by atoms with Crippen LogP contribution in [0.2, 0.25) is 0 Å². The number of nitrogens with one attached hydrogen (secondary N) is 1. The van der Waals surface area contributed by atoms with Gasteiger partial charge in [-0.1, -0.05) is 0 Å². The number of hydrogen-bond acceptors (Lipinski definition) is 4. The lowest BCUT2D eigenvalue weighted by atomic mass is 10.2. The number of fused-ring (bicyclic) bond motifs is 1. The lowest BCUT2D eigenvalue weighted by Crippen LogP contribution is -2.12. The van der Waals surface area contributed by atoms with E-state index >= 15 is 0 Å². The van der Waals surface area contributed by atoms with Crippen molar-refractivity contribution >= 4 is 33.4 Å². The molecular formula is C17H18N4O2S. The predicted octanol–water partition coefficient (Wildman–Crippen LogP) is 3.00. The van der Waals surface area contributed by atoms with Gasteiger partial charge in [-0.2, -0.15) is 5.10 Å². The van der Waals surface area contributed by atoms with Crippen LogP contribution in [0.25, 0.3) is 11.0 Å². The fraction of sp³-hybridized carbons (Fsp3) is 0.235. The molecule has 2 aromatic heterocycles. The summed E-state index contributed by atoms with van der Waals surface area (Å²) < 4.78 is 13.2. The Balaban J connectivity index is 1.81. The summed E-state index contributed by atoms with van der Waals surface area (Å²) in [5.41, 5.74) is 1.90. The van der Waals surface area contributed by atoms with E-state index in [1.54, 1.807) is 42.9 Å². The van der Waals surface area contributed by atoms with Gasteiger partial charge in [0.2, 0.25) is 0 Å². The van der Waals surface area contributed by atoms with Crippen molar-refractivity contribution in [3.63, 3.8) is 0 Å². The maximum absolute atomic E-state index is 12.3.